The predicted octanol–water partition coefficient (Wildman–Crippen LogP) is 4.37. The smallest absolute Gasteiger partial charge is 0.270 e. The molecule has 0 aliphatic heterocycles. The molecule has 0 radical (unpaired) electrons. The van der Waals surface area contributed by atoms with Crippen LogP contribution in [0.1, 0.15) is 24.2 Å². The summed E-state index contributed by atoms with van der Waals surface area (Å²) in [5.41, 5.74) is 1.01. The molecule has 10 heteroatoms. The summed E-state index contributed by atoms with van der Waals surface area (Å²) in [5, 5.41) is 16.8. The topological polar surface area (TPSA) is 106 Å². The lowest BCUT2D eigenvalue weighted by Crippen LogP contribution is -2.34. The van der Waals surface area contributed by atoms with Crippen LogP contribution in [-0.4, -0.2) is 27.5 Å². The number of thiazole rings is 1. The molecule has 8 nitrogen and oxygen atoms in total. The summed E-state index contributed by atoms with van der Waals surface area (Å²) in [5.74, 6) is 0.603. The van der Waals surface area contributed by atoms with Gasteiger partial charge in [-0.2, -0.15) is 0 Å². The number of benzene rings is 2. The highest BCUT2D eigenvalue weighted by atomic mass is 32.1. The fourth-order valence-corrected chi connectivity index (χ4v) is 3.53. The van der Waals surface area contributed by atoms with Gasteiger partial charge >= 0.3 is 0 Å². The molecule has 29 heavy (non-hydrogen) atoms. The Hall–Kier alpha value is -3.11. The second-order valence-corrected chi connectivity index (χ2v) is 8.01. The summed E-state index contributed by atoms with van der Waals surface area (Å²) in [6.07, 6.45) is 0. The average Bonchev–Trinajstić information content (AvgIpc) is 3.07. The number of anilines is 1. The largest absolute Gasteiger partial charge is 0.493 e. The zero-order valence-corrected chi connectivity index (χ0v) is 17.3. The molecule has 1 aromatic heterocycles. The van der Waals surface area contributed by atoms with Crippen LogP contribution in [0.25, 0.3) is 10.2 Å². The first kappa shape index (κ1) is 20.6. The van der Waals surface area contributed by atoms with Gasteiger partial charge in [-0.25, -0.2) is 4.98 Å². The molecule has 0 unspecified atom stereocenters. The van der Waals surface area contributed by atoms with Crippen molar-refractivity contribution in [1.29, 1.82) is 0 Å². The average molecular weight is 431 g/mol. The number of hydrogen-bond donors (Lipinski definition) is 2. The van der Waals surface area contributed by atoms with E-state index in [0.29, 0.717) is 39.2 Å². The van der Waals surface area contributed by atoms with Crippen LogP contribution in [-0.2, 0) is 0 Å². The van der Waals surface area contributed by atoms with Crippen LogP contribution in [0.2, 0.25) is 0 Å². The Bertz CT molecular complexity index is 1080. The molecule has 0 spiro atoms. The molecular formula is C19H18N4O4S2. The molecule has 0 saturated heterocycles. The zero-order valence-electron chi connectivity index (χ0n) is 15.7. The lowest BCUT2D eigenvalue weighted by atomic mass is 10.2. The first-order valence-electron chi connectivity index (χ1n) is 8.72. The third-order valence-electron chi connectivity index (χ3n) is 3.71. The fourth-order valence-electron chi connectivity index (χ4n) is 2.37. The number of nitrogens with one attached hydrogen (secondary N) is 2. The number of aromatic nitrogens is 1. The molecule has 0 atom stereocenters. The Kier molecular flexibility index (Phi) is 6.35. The number of hydrogen-bond acceptors (Lipinski definition) is 7. The van der Waals surface area contributed by atoms with Crippen LogP contribution in [0.3, 0.4) is 0 Å². The minimum Gasteiger partial charge on any atom is -0.493 e. The third-order valence-corrected chi connectivity index (χ3v) is 4.85. The predicted molar refractivity (Wildman–Crippen MR) is 117 cm³/mol. The van der Waals surface area contributed by atoms with Crippen LogP contribution in [0.5, 0.6) is 5.75 Å². The van der Waals surface area contributed by atoms with E-state index < -0.39 is 4.92 Å². The van der Waals surface area contributed by atoms with Crippen molar-refractivity contribution < 1.29 is 14.5 Å². The van der Waals surface area contributed by atoms with Crippen molar-refractivity contribution in [2.45, 2.75) is 13.8 Å². The number of thiocarbonyl (C=S) groups is 1. The summed E-state index contributed by atoms with van der Waals surface area (Å²) >= 11 is 6.39. The van der Waals surface area contributed by atoms with Crippen LogP contribution in [0.4, 0.5) is 10.8 Å². The highest BCUT2D eigenvalue weighted by molar-refractivity contribution is 7.80. The number of fused-ring (bicyclic) bond motifs is 1. The Labute approximate surface area is 176 Å². The Morgan fingerprint density at radius 3 is 2.83 bits per heavy atom. The van der Waals surface area contributed by atoms with E-state index in [-0.39, 0.29) is 16.7 Å². The molecule has 150 valence electrons. The number of non-ortho nitro benzene ring substituents is 1. The molecule has 1 amide bonds. The molecule has 0 fully saturated rings. The first-order valence-corrected chi connectivity index (χ1v) is 9.94. The van der Waals surface area contributed by atoms with Crippen molar-refractivity contribution in [3.8, 4) is 5.75 Å². The normalized spacial score (nSPS) is 10.7. The van der Waals surface area contributed by atoms with E-state index in [0.717, 1.165) is 0 Å². The van der Waals surface area contributed by atoms with E-state index in [1.54, 1.807) is 30.3 Å². The minimum atomic E-state index is -0.462. The van der Waals surface area contributed by atoms with Gasteiger partial charge in [0.1, 0.15) is 5.75 Å². The number of nitro benzene ring substituents is 1. The summed E-state index contributed by atoms with van der Waals surface area (Å²) < 4.78 is 6.28. The van der Waals surface area contributed by atoms with E-state index in [4.69, 9.17) is 17.0 Å². The van der Waals surface area contributed by atoms with Crippen molar-refractivity contribution >= 4 is 55.6 Å². The van der Waals surface area contributed by atoms with Gasteiger partial charge in [0.2, 0.25) is 0 Å². The molecule has 0 saturated carbocycles. The highest BCUT2D eigenvalue weighted by Gasteiger charge is 2.13. The lowest BCUT2D eigenvalue weighted by Gasteiger charge is -2.10. The molecule has 0 bridgehead atoms. The van der Waals surface area contributed by atoms with E-state index >= 15 is 0 Å². The maximum Gasteiger partial charge on any atom is 0.270 e. The van der Waals surface area contributed by atoms with Gasteiger partial charge in [0.25, 0.3) is 11.6 Å². The van der Waals surface area contributed by atoms with Gasteiger partial charge in [-0.3, -0.25) is 20.2 Å². The molecule has 2 N–H and O–H groups in total. The van der Waals surface area contributed by atoms with Gasteiger partial charge in [0.05, 0.1) is 21.7 Å². The SMILES string of the molecule is CC(C)COc1cccc(C(=O)NC(=S)Nc2nc3ccc([N+](=O)[O-])cc3s2)c1. The quantitative estimate of drug-likeness (QED) is 0.340. The first-order chi connectivity index (χ1) is 13.8. The molecule has 1 heterocycles. The summed E-state index contributed by atoms with van der Waals surface area (Å²) in [4.78, 5) is 27.2. The maximum absolute atomic E-state index is 12.4. The number of ether oxygens (including phenoxy) is 1. The highest BCUT2D eigenvalue weighted by Crippen LogP contribution is 2.29. The lowest BCUT2D eigenvalue weighted by molar-refractivity contribution is -0.384. The Balaban J connectivity index is 1.64. The maximum atomic E-state index is 12.4. The summed E-state index contributed by atoms with van der Waals surface area (Å²) in [6, 6.07) is 11.2. The van der Waals surface area contributed by atoms with Gasteiger partial charge in [0, 0.05) is 17.7 Å². The van der Waals surface area contributed by atoms with E-state index in [2.05, 4.69) is 15.6 Å². The second-order valence-electron chi connectivity index (χ2n) is 6.57. The number of rotatable bonds is 6. The summed E-state index contributed by atoms with van der Waals surface area (Å²) in [6.45, 7) is 4.64. The van der Waals surface area contributed by atoms with Gasteiger partial charge in [0.15, 0.2) is 10.2 Å². The number of nitrogens with zero attached hydrogens (tertiary/aromatic N) is 2. The second kappa shape index (κ2) is 8.93. The standard InChI is InChI=1S/C19H18N4O4S2/c1-11(2)10-27-14-5-3-4-12(8-14)17(24)21-18(28)22-19-20-15-7-6-13(23(25)26)9-16(15)29-19/h3-9,11H,10H2,1-2H3,(H2,20,21,22,24,28). The van der Waals surface area contributed by atoms with Crippen molar-refractivity contribution in [1.82, 2.24) is 10.3 Å². The van der Waals surface area contributed by atoms with Crippen LogP contribution in [0.15, 0.2) is 42.5 Å². The van der Waals surface area contributed by atoms with E-state index in [1.807, 2.05) is 13.8 Å². The van der Waals surface area contributed by atoms with Crippen molar-refractivity contribution in [3.05, 3.63) is 58.1 Å². The van der Waals surface area contributed by atoms with Crippen LogP contribution >= 0.6 is 23.6 Å². The monoisotopic (exact) mass is 430 g/mol. The fraction of sp³-hybridized carbons (Fsp3) is 0.211. The van der Waals surface area contributed by atoms with Gasteiger partial charge in [-0.1, -0.05) is 31.3 Å². The minimum absolute atomic E-state index is 0.0110. The molecule has 3 rings (SSSR count). The van der Waals surface area contributed by atoms with Gasteiger partial charge < -0.3 is 10.1 Å². The zero-order chi connectivity index (χ0) is 21.0. The number of carbonyl (C=O) groups is 1. The van der Waals surface area contributed by atoms with Crippen molar-refractivity contribution in [2.75, 3.05) is 11.9 Å². The van der Waals surface area contributed by atoms with Crippen LogP contribution in [0, 0.1) is 16.0 Å². The van der Waals surface area contributed by atoms with Crippen molar-refractivity contribution in [3.63, 3.8) is 0 Å². The van der Waals surface area contributed by atoms with Crippen LogP contribution < -0.4 is 15.4 Å². The van der Waals surface area contributed by atoms with E-state index in [9.17, 15) is 14.9 Å². The Morgan fingerprint density at radius 2 is 2.10 bits per heavy atom. The molecule has 0 aliphatic rings. The molecule has 0 aliphatic carbocycles. The number of amides is 1. The molecular weight excluding hydrogens is 412 g/mol. The van der Waals surface area contributed by atoms with E-state index in [1.165, 1.54) is 23.5 Å². The number of nitro groups is 1. The number of carbonyl (C=O) groups excluding carboxylic acids is 1. The third kappa shape index (κ3) is 5.46. The Morgan fingerprint density at radius 1 is 1.31 bits per heavy atom. The van der Waals surface area contributed by atoms with Gasteiger partial charge in [-0.05, 0) is 42.4 Å². The summed E-state index contributed by atoms with van der Waals surface area (Å²) in [7, 11) is 0. The van der Waals surface area contributed by atoms with Crippen molar-refractivity contribution in [2.24, 2.45) is 5.92 Å². The molecule has 3 aromatic rings. The van der Waals surface area contributed by atoms with Gasteiger partial charge in [-0.15, -0.1) is 0 Å². The molecule has 2 aromatic carbocycles.